The third-order valence-electron chi connectivity index (χ3n) is 1.38. The Kier molecular flexibility index (Phi) is 4.89. The molecular weight excluding hydrogens is 224 g/mol. The van der Waals surface area contributed by atoms with Gasteiger partial charge in [-0.15, -0.1) is 0 Å². The minimum atomic E-state index is -0.243. The van der Waals surface area contributed by atoms with E-state index in [1.165, 1.54) is 11.9 Å². The number of alkyl halides is 1. The van der Waals surface area contributed by atoms with Crippen LogP contribution in [-0.2, 0) is 9.59 Å². The highest BCUT2D eigenvalue weighted by molar-refractivity contribution is 9.10. The molecule has 1 unspecified atom stereocenters. The zero-order valence-corrected chi connectivity index (χ0v) is 9.01. The highest BCUT2D eigenvalue weighted by Crippen LogP contribution is 2.01. The Morgan fingerprint density at radius 1 is 1.58 bits per heavy atom. The molecule has 0 aliphatic rings. The smallest absolute Gasteiger partial charge is 0.239 e. The summed E-state index contributed by atoms with van der Waals surface area (Å²) in [5, 5.41) is 2.44. The summed E-state index contributed by atoms with van der Waals surface area (Å²) in [6.07, 6.45) is 0. The van der Waals surface area contributed by atoms with E-state index in [0.717, 1.165) is 0 Å². The first kappa shape index (κ1) is 11.4. The molecule has 0 saturated carbocycles. The number of amides is 2. The van der Waals surface area contributed by atoms with Crippen molar-refractivity contribution < 1.29 is 9.59 Å². The second kappa shape index (κ2) is 5.13. The topological polar surface area (TPSA) is 49.4 Å². The molecule has 12 heavy (non-hydrogen) atoms. The van der Waals surface area contributed by atoms with Crippen LogP contribution in [-0.4, -0.2) is 42.2 Å². The highest BCUT2D eigenvalue weighted by atomic mass is 79.9. The molecule has 0 aliphatic heterocycles. The summed E-state index contributed by atoms with van der Waals surface area (Å²) in [5.41, 5.74) is 0. The second-order valence-electron chi connectivity index (χ2n) is 2.48. The van der Waals surface area contributed by atoms with Crippen molar-refractivity contribution in [3.05, 3.63) is 0 Å². The summed E-state index contributed by atoms with van der Waals surface area (Å²) < 4.78 is 0. The number of nitrogens with zero attached hydrogens (tertiary/aromatic N) is 1. The van der Waals surface area contributed by atoms with E-state index in [1.54, 1.807) is 14.0 Å². The summed E-state index contributed by atoms with van der Waals surface area (Å²) in [7, 11) is 3.13. The normalized spacial score (nSPS) is 12.0. The lowest BCUT2D eigenvalue weighted by Crippen LogP contribution is -2.39. The molecule has 0 fully saturated rings. The van der Waals surface area contributed by atoms with Crippen LogP contribution in [0.15, 0.2) is 0 Å². The van der Waals surface area contributed by atoms with Gasteiger partial charge in [0, 0.05) is 14.1 Å². The Balaban J connectivity index is 3.95. The molecule has 0 rings (SSSR count). The standard InChI is InChI=1S/C7H13BrN2O2/c1-5(8)7(12)10(3)4-6(11)9-2/h5H,4H2,1-3H3,(H,9,11). The Bertz CT molecular complexity index is 182. The van der Waals surface area contributed by atoms with Crippen LogP contribution in [0.5, 0.6) is 0 Å². The van der Waals surface area contributed by atoms with Crippen LogP contribution in [0.25, 0.3) is 0 Å². The van der Waals surface area contributed by atoms with Gasteiger partial charge in [0.2, 0.25) is 11.8 Å². The number of nitrogens with one attached hydrogen (secondary N) is 1. The average Bonchev–Trinajstić information content (AvgIpc) is 2.02. The minimum absolute atomic E-state index is 0.0985. The van der Waals surface area contributed by atoms with Crippen LogP contribution in [0.3, 0.4) is 0 Å². The van der Waals surface area contributed by atoms with Gasteiger partial charge in [0.1, 0.15) is 0 Å². The van der Waals surface area contributed by atoms with Gasteiger partial charge in [-0.1, -0.05) is 15.9 Å². The zero-order valence-electron chi connectivity index (χ0n) is 7.43. The van der Waals surface area contributed by atoms with Crippen LogP contribution in [0, 0.1) is 0 Å². The van der Waals surface area contributed by atoms with Gasteiger partial charge in [-0.2, -0.15) is 0 Å². The molecule has 0 aromatic rings. The molecule has 0 spiro atoms. The lowest BCUT2D eigenvalue weighted by Gasteiger charge is -2.17. The van der Waals surface area contributed by atoms with Crippen LogP contribution >= 0.6 is 15.9 Å². The van der Waals surface area contributed by atoms with Gasteiger partial charge in [0.15, 0.2) is 0 Å². The fraction of sp³-hybridized carbons (Fsp3) is 0.714. The molecule has 0 heterocycles. The number of rotatable bonds is 3. The van der Waals surface area contributed by atoms with Gasteiger partial charge >= 0.3 is 0 Å². The Labute approximate surface area is 80.4 Å². The number of halogens is 1. The zero-order chi connectivity index (χ0) is 9.72. The van der Waals surface area contributed by atoms with Crippen molar-refractivity contribution >= 4 is 27.7 Å². The Morgan fingerprint density at radius 2 is 2.08 bits per heavy atom. The van der Waals surface area contributed by atoms with Crippen molar-refractivity contribution in [2.75, 3.05) is 20.6 Å². The van der Waals surface area contributed by atoms with Gasteiger partial charge in [-0.3, -0.25) is 9.59 Å². The molecule has 0 aromatic heterocycles. The van der Waals surface area contributed by atoms with Gasteiger partial charge in [-0.25, -0.2) is 0 Å². The van der Waals surface area contributed by atoms with Crippen molar-refractivity contribution in [3.8, 4) is 0 Å². The second-order valence-corrected chi connectivity index (χ2v) is 3.86. The van der Waals surface area contributed by atoms with E-state index in [2.05, 4.69) is 21.2 Å². The fourth-order valence-corrected chi connectivity index (χ4v) is 1.03. The van der Waals surface area contributed by atoms with E-state index in [9.17, 15) is 9.59 Å². The van der Waals surface area contributed by atoms with Gasteiger partial charge in [-0.05, 0) is 6.92 Å². The lowest BCUT2D eigenvalue weighted by atomic mass is 10.4. The molecular formula is C7H13BrN2O2. The van der Waals surface area contributed by atoms with E-state index in [4.69, 9.17) is 0 Å². The molecule has 1 atom stereocenters. The quantitative estimate of drug-likeness (QED) is 0.701. The molecule has 0 aliphatic carbocycles. The first-order valence-corrected chi connectivity index (χ1v) is 4.50. The molecule has 70 valence electrons. The molecule has 1 N–H and O–H groups in total. The molecule has 0 saturated heterocycles. The van der Waals surface area contributed by atoms with Crippen molar-refractivity contribution in [2.24, 2.45) is 0 Å². The van der Waals surface area contributed by atoms with Crippen molar-refractivity contribution in [1.82, 2.24) is 10.2 Å². The van der Waals surface area contributed by atoms with Gasteiger partial charge in [0.25, 0.3) is 0 Å². The van der Waals surface area contributed by atoms with Crippen LogP contribution in [0.4, 0.5) is 0 Å². The summed E-state index contributed by atoms with van der Waals surface area (Å²) in [5.74, 6) is -0.266. The van der Waals surface area contributed by atoms with Gasteiger partial charge in [0.05, 0.1) is 11.4 Å². The molecule has 5 heteroatoms. The van der Waals surface area contributed by atoms with Crippen LogP contribution in [0.2, 0.25) is 0 Å². The van der Waals surface area contributed by atoms with E-state index >= 15 is 0 Å². The SMILES string of the molecule is CNC(=O)CN(C)C(=O)C(C)Br. The molecule has 0 aromatic carbocycles. The summed E-state index contributed by atoms with van der Waals surface area (Å²) in [6.45, 7) is 1.83. The Hall–Kier alpha value is -0.580. The van der Waals surface area contributed by atoms with E-state index in [1.807, 2.05) is 0 Å². The third kappa shape index (κ3) is 3.71. The summed E-state index contributed by atoms with van der Waals surface area (Å²) in [4.78, 5) is 23.2. The maximum Gasteiger partial charge on any atom is 0.239 e. The summed E-state index contributed by atoms with van der Waals surface area (Å²) in [6, 6.07) is 0. The first-order valence-electron chi connectivity index (χ1n) is 3.58. The Morgan fingerprint density at radius 3 is 2.42 bits per heavy atom. The van der Waals surface area contributed by atoms with E-state index in [0.29, 0.717) is 0 Å². The number of hydrogen-bond donors (Lipinski definition) is 1. The molecule has 0 bridgehead atoms. The van der Waals surface area contributed by atoms with Crippen LogP contribution < -0.4 is 5.32 Å². The largest absolute Gasteiger partial charge is 0.358 e. The first-order chi connectivity index (χ1) is 5.49. The monoisotopic (exact) mass is 236 g/mol. The van der Waals surface area contributed by atoms with E-state index < -0.39 is 0 Å². The summed E-state index contributed by atoms with van der Waals surface area (Å²) >= 11 is 3.13. The minimum Gasteiger partial charge on any atom is -0.358 e. The van der Waals surface area contributed by atoms with E-state index in [-0.39, 0.29) is 23.2 Å². The number of carbonyl (C=O) groups excluding carboxylic acids is 2. The van der Waals surface area contributed by atoms with Crippen molar-refractivity contribution in [1.29, 1.82) is 0 Å². The highest BCUT2D eigenvalue weighted by Gasteiger charge is 2.15. The number of hydrogen-bond acceptors (Lipinski definition) is 2. The predicted molar refractivity (Wildman–Crippen MR) is 50.1 cm³/mol. The molecule has 2 amide bonds. The van der Waals surface area contributed by atoms with Crippen LogP contribution in [0.1, 0.15) is 6.92 Å². The van der Waals surface area contributed by atoms with Gasteiger partial charge < -0.3 is 10.2 Å². The predicted octanol–water partition coefficient (Wildman–Crippen LogP) is -0.0258. The maximum absolute atomic E-state index is 11.2. The lowest BCUT2D eigenvalue weighted by molar-refractivity contribution is -0.133. The molecule has 4 nitrogen and oxygen atoms in total. The van der Waals surface area contributed by atoms with Crippen molar-refractivity contribution in [3.63, 3.8) is 0 Å². The number of carbonyl (C=O) groups is 2. The van der Waals surface area contributed by atoms with Crippen molar-refractivity contribution in [2.45, 2.75) is 11.8 Å². The molecule has 0 radical (unpaired) electrons. The fourth-order valence-electron chi connectivity index (χ4n) is 0.676. The number of likely N-dealkylation sites (N-methyl/N-ethyl adjacent to an activating group) is 2. The third-order valence-corrected chi connectivity index (χ3v) is 1.77. The maximum atomic E-state index is 11.2. The average molecular weight is 237 g/mol.